The van der Waals surface area contributed by atoms with E-state index in [0.29, 0.717) is 0 Å². The second-order valence-electron chi connectivity index (χ2n) is 4.76. The summed E-state index contributed by atoms with van der Waals surface area (Å²) >= 11 is 0. The zero-order valence-electron chi connectivity index (χ0n) is 10.4. The fourth-order valence-corrected chi connectivity index (χ4v) is 3.10. The van der Waals surface area contributed by atoms with Gasteiger partial charge in [-0.05, 0) is 6.92 Å². The molecule has 7 nitrogen and oxygen atoms in total. The highest BCUT2D eigenvalue weighted by Crippen LogP contribution is 2.42. The summed E-state index contributed by atoms with van der Waals surface area (Å²) in [4.78, 5) is 35.3. The molecular weight excluding hydrogens is 254 g/mol. The van der Waals surface area contributed by atoms with E-state index in [-0.39, 0.29) is 0 Å². The van der Waals surface area contributed by atoms with E-state index in [4.69, 9.17) is 0 Å². The van der Waals surface area contributed by atoms with Crippen molar-refractivity contribution in [1.29, 1.82) is 0 Å². The van der Waals surface area contributed by atoms with Gasteiger partial charge in [-0.15, -0.1) is 0 Å². The van der Waals surface area contributed by atoms with Crippen molar-refractivity contribution in [2.24, 2.45) is 17.8 Å². The first kappa shape index (κ1) is 13.4. The van der Waals surface area contributed by atoms with Crippen LogP contribution in [-0.2, 0) is 14.3 Å². The van der Waals surface area contributed by atoms with Crippen molar-refractivity contribution in [3.8, 4) is 0 Å². The van der Waals surface area contributed by atoms with E-state index >= 15 is 0 Å². The first-order valence-corrected chi connectivity index (χ1v) is 5.86. The zero-order chi connectivity index (χ0) is 14.3. The molecule has 0 aromatic rings. The van der Waals surface area contributed by atoms with Crippen molar-refractivity contribution in [1.82, 2.24) is 4.90 Å². The van der Waals surface area contributed by atoms with Gasteiger partial charge < -0.3 is 24.5 Å². The molecule has 0 radical (unpaired) electrons. The minimum atomic E-state index is -1.51. The molecule has 1 amide bonds. The van der Waals surface area contributed by atoms with Crippen molar-refractivity contribution in [2.75, 3.05) is 7.11 Å². The molecule has 3 rings (SSSR count). The first-order valence-electron chi connectivity index (χ1n) is 5.86. The highest BCUT2D eigenvalue weighted by Gasteiger charge is 2.51. The van der Waals surface area contributed by atoms with Gasteiger partial charge in [0, 0.05) is 35.7 Å². The van der Waals surface area contributed by atoms with Gasteiger partial charge in [-0.2, -0.15) is 0 Å². The van der Waals surface area contributed by atoms with Crippen LogP contribution in [0.5, 0.6) is 0 Å². The van der Waals surface area contributed by atoms with Crippen molar-refractivity contribution in [3.05, 3.63) is 12.2 Å². The number of fused-ring (bicyclic) bond motifs is 2. The van der Waals surface area contributed by atoms with Crippen molar-refractivity contribution >= 4 is 18.0 Å². The van der Waals surface area contributed by atoms with Crippen LogP contribution in [0.1, 0.15) is 6.92 Å². The first-order chi connectivity index (χ1) is 8.90. The number of hydrogen-bond donors (Lipinski definition) is 0. The lowest BCUT2D eigenvalue weighted by Gasteiger charge is -2.54. The molecule has 1 saturated heterocycles. The summed E-state index contributed by atoms with van der Waals surface area (Å²) in [5.74, 6) is -6.09. The Hall–Kier alpha value is -2.05. The third kappa shape index (κ3) is 1.85. The summed E-state index contributed by atoms with van der Waals surface area (Å²) in [6.45, 7) is 1.65. The standard InChI is InChI=1S/C12H15NO6/c1-5-6-3-4-7(13(5)12(18)19-2)9(11(16)17)8(6)10(14)15/h3-9H,1-2H3,(H,14,15)(H,16,17)/p-2/t5-,6-,7-,8+,9-/m1/s1. The van der Waals surface area contributed by atoms with Crippen LogP contribution in [0, 0.1) is 17.8 Å². The number of carboxylic acid groups (broad SMARTS) is 2. The van der Waals surface area contributed by atoms with Gasteiger partial charge in [0.25, 0.3) is 0 Å². The summed E-state index contributed by atoms with van der Waals surface area (Å²) in [7, 11) is 1.19. The Balaban J connectivity index is 2.45. The molecule has 1 fully saturated rings. The molecule has 0 unspecified atom stereocenters. The van der Waals surface area contributed by atoms with Gasteiger partial charge in [0.05, 0.1) is 13.2 Å². The van der Waals surface area contributed by atoms with Crippen LogP contribution in [0.25, 0.3) is 0 Å². The predicted molar refractivity (Wildman–Crippen MR) is 57.1 cm³/mol. The van der Waals surface area contributed by atoms with Crippen LogP contribution >= 0.6 is 0 Å². The highest BCUT2D eigenvalue weighted by atomic mass is 16.5. The molecule has 2 bridgehead atoms. The highest BCUT2D eigenvalue weighted by molar-refractivity contribution is 5.82. The number of nitrogens with zero attached hydrogens (tertiary/aromatic N) is 1. The summed E-state index contributed by atoms with van der Waals surface area (Å²) in [6, 6.07) is -1.36. The minimum absolute atomic E-state index is 0.471. The molecular formula is C12H13NO6-2. The summed E-state index contributed by atoms with van der Waals surface area (Å²) in [6.07, 6.45) is 2.45. The topological polar surface area (TPSA) is 110 Å². The maximum atomic E-state index is 11.7. The van der Waals surface area contributed by atoms with E-state index in [1.807, 2.05) is 0 Å². The molecule has 5 atom stereocenters. The van der Waals surface area contributed by atoms with E-state index < -0.39 is 47.9 Å². The number of carbonyl (C=O) groups excluding carboxylic acids is 3. The van der Waals surface area contributed by atoms with Gasteiger partial charge >= 0.3 is 6.09 Å². The number of carbonyl (C=O) groups is 3. The van der Waals surface area contributed by atoms with E-state index in [2.05, 4.69) is 4.74 Å². The molecule has 0 aromatic heterocycles. The minimum Gasteiger partial charge on any atom is -0.550 e. The monoisotopic (exact) mass is 267 g/mol. The quantitative estimate of drug-likeness (QED) is 0.522. The second-order valence-corrected chi connectivity index (χ2v) is 4.76. The van der Waals surface area contributed by atoms with Crippen LogP contribution in [0.3, 0.4) is 0 Å². The maximum absolute atomic E-state index is 11.7. The lowest BCUT2D eigenvalue weighted by Crippen LogP contribution is -2.67. The fraction of sp³-hybridized carbons (Fsp3) is 0.583. The van der Waals surface area contributed by atoms with Crippen LogP contribution in [0.15, 0.2) is 12.2 Å². The van der Waals surface area contributed by atoms with Crippen LogP contribution in [-0.4, -0.2) is 42.1 Å². The smallest absolute Gasteiger partial charge is 0.410 e. The number of rotatable bonds is 2. The van der Waals surface area contributed by atoms with E-state index in [0.717, 1.165) is 0 Å². The van der Waals surface area contributed by atoms with E-state index in [1.165, 1.54) is 18.1 Å². The zero-order valence-corrected chi connectivity index (χ0v) is 10.4. The number of hydrogen-bond acceptors (Lipinski definition) is 6. The molecule has 0 saturated carbocycles. The van der Waals surface area contributed by atoms with Crippen molar-refractivity contribution in [3.63, 3.8) is 0 Å². The molecule has 2 heterocycles. The van der Waals surface area contributed by atoms with Crippen LogP contribution < -0.4 is 10.2 Å². The van der Waals surface area contributed by atoms with E-state index in [9.17, 15) is 24.6 Å². The summed E-state index contributed by atoms with van der Waals surface area (Å²) < 4.78 is 4.61. The molecule has 2 aliphatic heterocycles. The molecule has 1 aliphatic carbocycles. The average molecular weight is 267 g/mol. The largest absolute Gasteiger partial charge is 0.550 e. The summed E-state index contributed by atoms with van der Waals surface area (Å²) in [5.41, 5.74) is 0. The Kier molecular flexibility index (Phi) is 3.21. The van der Waals surface area contributed by atoms with E-state index in [1.54, 1.807) is 13.0 Å². The Morgan fingerprint density at radius 3 is 2.16 bits per heavy atom. The number of carboxylic acids is 2. The Morgan fingerprint density at radius 2 is 1.68 bits per heavy atom. The fourth-order valence-electron chi connectivity index (χ4n) is 3.10. The van der Waals surface area contributed by atoms with Gasteiger partial charge in [-0.1, -0.05) is 12.2 Å². The number of aliphatic carboxylic acids is 2. The molecule has 104 valence electrons. The average Bonchev–Trinajstić information content (AvgIpc) is 2.37. The molecule has 0 aromatic carbocycles. The van der Waals surface area contributed by atoms with Crippen molar-refractivity contribution < 1.29 is 29.3 Å². The molecule has 19 heavy (non-hydrogen) atoms. The molecule has 7 heteroatoms. The lowest BCUT2D eigenvalue weighted by atomic mass is 9.66. The third-order valence-electron chi connectivity index (χ3n) is 3.95. The number of piperidine rings is 1. The molecule has 3 aliphatic rings. The number of amides is 1. The Morgan fingerprint density at radius 1 is 1.11 bits per heavy atom. The van der Waals surface area contributed by atoms with Gasteiger partial charge in [0.1, 0.15) is 0 Å². The second kappa shape index (κ2) is 4.56. The van der Waals surface area contributed by atoms with Crippen molar-refractivity contribution in [2.45, 2.75) is 19.0 Å². The lowest BCUT2D eigenvalue weighted by molar-refractivity contribution is -0.332. The van der Waals surface area contributed by atoms with Gasteiger partial charge in [0.15, 0.2) is 0 Å². The third-order valence-corrected chi connectivity index (χ3v) is 3.95. The van der Waals surface area contributed by atoms with Crippen LogP contribution in [0.2, 0.25) is 0 Å². The summed E-state index contributed by atoms with van der Waals surface area (Å²) in [5, 5.41) is 22.4. The molecule has 0 spiro atoms. The normalized spacial score (nSPS) is 36.1. The number of ether oxygens (including phenoxy) is 1. The van der Waals surface area contributed by atoms with Gasteiger partial charge in [-0.25, -0.2) is 4.79 Å². The Bertz CT molecular complexity index is 459. The Labute approximate surface area is 109 Å². The van der Waals surface area contributed by atoms with Crippen LogP contribution in [0.4, 0.5) is 4.79 Å². The maximum Gasteiger partial charge on any atom is 0.410 e. The molecule has 0 N–H and O–H groups in total. The SMILES string of the molecule is COC(=O)N1[C@H](C)[C@H]2C=C[C@@H]1[C@@H](C(=O)[O-])[C@H]2C(=O)[O-]. The number of methoxy groups -OCH3 is 1. The van der Waals surface area contributed by atoms with Gasteiger partial charge in [0.2, 0.25) is 0 Å². The van der Waals surface area contributed by atoms with Gasteiger partial charge in [-0.3, -0.25) is 4.90 Å². The predicted octanol–water partition coefficient (Wildman–Crippen LogP) is -2.26.